The highest BCUT2D eigenvalue weighted by Gasteiger charge is 2.39. The largest absolute Gasteiger partial charge is 0.465 e. The monoisotopic (exact) mass is 322 g/mol. The molecule has 0 saturated carbocycles. The van der Waals surface area contributed by atoms with E-state index in [1.54, 1.807) is 0 Å². The number of carbonyl (C=O) groups excluding carboxylic acids is 4. The Morgan fingerprint density at radius 3 is 1.87 bits per heavy atom. The second-order valence-corrected chi connectivity index (χ2v) is 4.65. The van der Waals surface area contributed by atoms with E-state index >= 15 is 0 Å². The first-order valence-corrected chi connectivity index (χ1v) is 6.50. The number of esters is 4. The Bertz CT molecular complexity index is 732. The predicted molar refractivity (Wildman–Crippen MR) is 74.3 cm³/mol. The normalized spacial score (nSPS) is 12.3. The maximum absolute atomic E-state index is 12.2. The molecular weight excluding hydrogens is 308 g/mol. The Labute approximate surface area is 131 Å². The van der Waals surface area contributed by atoms with Gasteiger partial charge in [0.2, 0.25) is 0 Å². The lowest BCUT2D eigenvalue weighted by Crippen LogP contribution is -2.23. The molecule has 1 aliphatic rings. The third-order valence-corrected chi connectivity index (χ3v) is 3.60. The van der Waals surface area contributed by atoms with Crippen molar-refractivity contribution < 1.29 is 38.1 Å². The number of rotatable bonds is 3. The van der Waals surface area contributed by atoms with Gasteiger partial charge in [0.1, 0.15) is 6.61 Å². The molecule has 8 heteroatoms. The van der Waals surface area contributed by atoms with E-state index in [9.17, 15) is 19.2 Å². The van der Waals surface area contributed by atoms with Gasteiger partial charge in [0.15, 0.2) is 0 Å². The third-order valence-electron chi connectivity index (χ3n) is 3.60. The SMILES string of the molecule is COC(=O)c1c(C)c2c(c(C(=O)OC)c1C(=O)OC)C(=O)OC2. The maximum Gasteiger partial charge on any atom is 0.339 e. The summed E-state index contributed by atoms with van der Waals surface area (Å²) >= 11 is 0. The van der Waals surface area contributed by atoms with Crippen LogP contribution in [0, 0.1) is 6.92 Å². The van der Waals surface area contributed by atoms with Gasteiger partial charge in [0.05, 0.1) is 43.6 Å². The molecule has 0 saturated heterocycles. The molecular formula is C15H14O8. The zero-order valence-electron chi connectivity index (χ0n) is 13.0. The van der Waals surface area contributed by atoms with E-state index in [2.05, 4.69) is 14.2 Å². The fourth-order valence-corrected chi connectivity index (χ4v) is 2.51. The molecule has 23 heavy (non-hydrogen) atoms. The van der Waals surface area contributed by atoms with E-state index in [0.717, 1.165) is 21.3 Å². The van der Waals surface area contributed by atoms with Crippen molar-refractivity contribution in [3.8, 4) is 0 Å². The van der Waals surface area contributed by atoms with Crippen LogP contribution < -0.4 is 0 Å². The second-order valence-electron chi connectivity index (χ2n) is 4.65. The van der Waals surface area contributed by atoms with Gasteiger partial charge < -0.3 is 18.9 Å². The number of hydrogen-bond acceptors (Lipinski definition) is 8. The van der Waals surface area contributed by atoms with Crippen molar-refractivity contribution in [2.45, 2.75) is 13.5 Å². The molecule has 1 heterocycles. The van der Waals surface area contributed by atoms with Crippen LogP contribution in [0.3, 0.4) is 0 Å². The molecule has 0 amide bonds. The van der Waals surface area contributed by atoms with Crippen molar-refractivity contribution in [3.05, 3.63) is 33.4 Å². The van der Waals surface area contributed by atoms with Crippen LogP contribution in [0.4, 0.5) is 0 Å². The van der Waals surface area contributed by atoms with Crippen molar-refractivity contribution in [2.75, 3.05) is 21.3 Å². The first-order valence-electron chi connectivity index (χ1n) is 6.50. The first kappa shape index (κ1) is 16.5. The molecule has 122 valence electrons. The molecule has 0 fully saturated rings. The quantitative estimate of drug-likeness (QED) is 0.600. The first-order chi connectivity index (χ1) is 10.9. The number of cyclic esters (lactones) is 1. The lowest BCUT2D eigenvalue weighted by molar-refractivity contribution is 0.0509. The van der Waals surface area contributed by atoms with Gasteiger partial charge in [-0.15, -0.1) is 0 Å². The highest BCUT2D eigenvalue weighted by molar-refractivity contribution is 6.17. The van der Waals surface area contributed by atoms with Gasteiger partial charge in [-0.2, -0.15) is 0 Å². The highest BCUT2D eigenvalue weighted by atomic mass is 16.5. The molecule has 1 aliphatic heterocycles. The van der Waals surface area contributed by atoms with Crippen molar-refractivity contribution in [3.63, 3.8) is 0 Å². The molecule has 0 radical (unpaired) electrons. The number of hydrogen-bond donors (Lipinski definition) is 0. The lowest BCUT2D eigenvalue weighted by Gasteiger charge is -2.16. The van der Waals surface area contributed by atoms with Crippen LogP contribution in [-0.4, -0.2) is 45.2 Å². The van der Waals surface area contributed by atoms with Crippen molar-refractivity contribution in [1.82, 2.24) is 0 Å². The zero-order valence-corrected chi connectivity index (χ0v) is 13.0. The molecule has 0 aromatic heterocycles. The van der Waals surface area contributed by atoms with Crippen LogP contribution in [0.1, 0.15) is 52.6 Å². The minimum absolute atomic E-state index is 0.0950. The molecule has 1 aromatic rings. The maximum atomic E-state index is 12.2. The van der Waals surface area contributed by atoms with Crippen LogP contribution in [0.25, 0.3) is 0 Å². The number of fused-ring (bicyclic) bond motifs is 1. The minimum atomic E-state index is -0.962. The summed E-state index contributed by atoms with van der Waals surface area (Å²) in [6, 6.07) is 0. The van der Waals surface area contributed by atoms with E-state index in [-0.39, 0.29) is 28.9 Å². The lowest BCUT2D eigenvalue weighted by atomic mass is 9.88. The summed E-state index contributed by atoms with van der Waals surface area (Å²) in [7, 11) is 3.31. The zero-order chi connectivity index (χ0) is 17.3. The van der Waals surface area contributed by atoms with Crippen molar-refractivity contribution in [2.24, 2.45) is 0 Å². The summed E-state index contributed by atoms with van der Waals surface area (Å²) in [6.07, 6.45) is 0. The van der Waals surface area contributed by atoms with Crippen LogP contribution in [0.15, 0.2) is 0 Å². The van der Waals surface area contributed by atoms with Gasteiger partial charge in [-0.1, -0.05) is 0 Å². The summed E-state index contributed by atoms with van der Waals surface area (Å²) in [5.74, 6) is -3.53. The van der Waals surface area contributed by atoms with Crippen LogP contribution in [0.5, 0.6) is 0 Å². The number of methoxy groups -OCH3 is 3. The second kappa shape index (κ2) is 6.07. The third kappa shape index (κ3) is 2.41. The summed E-state index contributed by atoms with van der Waals surface area (Å²) < 4.78 is 18.9. The van der Waals surface area contributed by atoms with Gasteiger partial charge >= 0.3 is 23.9 Å². The van der Waals surface area contributed by atoms with E-state index < -0.39 is 23.9 Å². The van der Waals surface area contributed by atoms with E-state index in [1.165, 1.54) is 6.92 Å². The van der Waals surface area contributed by atoms with Gasteiger partial charge in [-0.25, -0.2) is 19.2 Å². The number of ether oxygens (including phenoxy) is 4. The topological polar surface area (TPSA) is 105 Å². The molecule has 2 rings (SSSR count). The van der Waals surface area contributed by atoms with Gasteiger partial charge in [0.25, 0.3) is 0 Å². The van der Waals surface area contributed by atoms with Crippen LogP contribution in [0.2, 0.25) is 0 Å². The summed E-state index contributed by atoms with van der Waals surface area (Å²) in [5.41, 5.74) is -0.336. The highest BCUT2D eigenvalue weighted by Crippen LogP contribution is 2.34. The van der Waals surface area contributed by atoms with Crippen LogP contribution >= 0.6 is 0 Å². The molecule has 0 unspecified atom stereocenters. The Morgan fingerprint density at radius 1 is 0.870 bits per heavy atom. The minimum Gasteiger partial charge on any atom is -0.465 e. The predicted octanol–water partition coefficient (Wildman–Crippen LogP) is 1.03. The smallest absolute Gasteiger partial charge is 0.339 e. The van der Waals surface area contributed by atoms with Crippen molar-refractivity contribution in [1.29, 1.82) is 0 Å². The fraction of sp³-hybridized carbons (Fsp3) is 0.333. The molecule has 0 N–H and O–H groups in total. The van der Waals surface area contributed by atoms with Gasteiger partial charge in [0, 0.05) is 5.56 Å². The fourth-order valence-electron chi connectivity index (χ4n) is 2.51. The average Bonchev–Trinajstić information content (AvgIpc) is 2.94. The number of benzene rings is 1. The molecule has 0 atom stereocenters. The number of carbonyl (C=O) groups is 4. The molecule has 8 nitrogen and oxygen atoms in total. The van der Waals surface area contributed by atoms with Crippen LogP contribution in [-0.2, 0) is 25.6 Å². The average molecular weight is 322 g/mol. The van der Waals surface area contributed by atoms with Gasteiger partial charge in [-0.3, -0.25) is 0 Å². The van der Waals surface area contributed by atoms with E-state index in [4.69, 9.17) is 4.74 Å². The molecule has 0 bridgehead atoms. The summed E-state index contributed by atoms with van der Waals surface area (Å²) in [4.78, 5) is 48.4. The Hall–Kier alpha value is -2.90. The van der Waals surface area contributed by atoms with Crippen molar-refractivity contribution >= 4 is 23.9 Å². The standard InChI is InChI=1S/C15H14O8/c1-6-7-5-23-15(19)9(7)11(14(18)22-4)10(13(17)21-3)8(6)12(16)20-2/h5H2,1-4H3. The Kier molecular flexibility index (Phi) is 4.35. The molecule has 0 spiro atoms. The Balaban J connectivity index is 3.00. The molecule has 0 aliphatic carbocycles. The summed E-state index contributed by atoms with van der Waals surface area (Å²) in [5, 5.41) is 0. The summed E-state index contributed by atoms with van der Waals surface area (Å²) in [6.45, 7) is 1.41. The van der Waals surface area contributed by atoms with E-state index in [1.807, 2.05) is 0 Å². The van der Waals surface area contributed by atoms with E-state index in [0.29, 0.717) is 11.1 Å². The Morgan fingerprint density at radius 2 is 1.35 bits per heavy atom. The van der Waals surface area contributed by atoms with Gasteiger partial charge in [-0.05, 0) is 12.5 Å². The molecule has 1 aromatic carbocycles.